The van der Waals surface area contributed by atoms with Gasteiger partial charge in [-0.2, -0.15) is 0 Å². The second-order valence-electron chi connectivity index (χ2n) is 5.79. The van der Waals surface area contributed by atoms with Gasteiger partial charge < -0.3 is 19.1 Å². The Morgan fingerprint density at radius 1 is 1.38 bits per heavy atom. The van der Waals surface area contributed by atoms with Crippen molar-refractivity contribution in [1.82, 2.24) is 4.90 Å². The maximum Gasteiger partial charge on any atom is 0.331 e. The predicted molar refractivity (Wildman–Crippen MR) is 90.1 cm³/mol. The Kier molecular flexibility index (Phi) is 5.84. The number of hydrogen-bond donors (Lipinski definition) is 0. The topological polar surface area (TPSA) is 65.1 Å². The van der Waals surface area contributed by atoms with Crippen molar-refractivity contribution in [3.63, 3.8) is 0 Å². The number of fused-ring (bicyclic) bond motifs is 1. The molecule has 0 unspecified atom stereocenters. The summed E-state index contributed by atoms with van der Waals surface area (Å²) in [7, 11) is 3.21. The molecule has 0 aromatic heterocycles. The summed E-state index contributed by atoms with van der Waals surface area (Å²) in [5, 5.41) is 0. The normalized spacial score (nSPS) is 15.8. The number of likely N-dealkylation sites (N-methyl/N-ethyl adjacent to an activating group) is 1. The molecule has 0 spiro atoms. The van der Waals surface area contributed by atoms with Crippen LogP contribution in [-0.2, 0) is 20.7 Å². The van der Waals surface area contributed by atoms with Gasteiger partial charge in [-0.15, -0.1) is 0 Å². The highest BCUT2D eigenvalue weighted by Gasteiger charge is 2.21. The number of ether oxygens (including phenoxy) is 3. The van der Waals surface area contributed by atoms with Crippen LogP contribution in [-0.4, -0.2) is 50.2 Å². The first-order valence-corrected chi connectivity index (χ1v) is 7.92. The lowest BCUT2D eigenvalue weighted by atomic mass is 10.1. The molecule has 1 atom stereocenters. The van der Waals surface area contributed by atoms with E-state index in [1.54, 1.807) is 20.2 Å². The number of carbonyl (C=O) groups excluding carboxylic acids is 2. The SMILES string of the molecule is CCOc1cc2c(cc1/C=C/C(=O)OCC(=O)N(C)C)O[C@H](C)C2. The van der Waals surface area contributed by atoms with Crippen molar-refractivity contribution in [3.8, 4) is 11.5 Å². The van der Waals surface area contributed by atoms with Crippen molar-refractivity contribution in [2.75, 3.05) is 27.3 Å². The summed E-state index contributed by atoms with van der Waals surface area (Å²) in [6.07, 6.45) is 3.87. The van der Waals surface area contributed by atoms with E-state index < -0.39 is 5.97 Å². The highest BCUT2D eigenvalue weighted by atomic mass is 16.5. The summed E-state index contributed by atoms with van der Waals surface area (Å²) in [6.45, 7) is 4.16. The molecule has 0 bridgehead atoms. The molecule has 1 aromatic rings. The molecule has 0 N–H and O–H groups in total. The molecule has 1 amide bonds. The van der Waals surface area contributed by atoms with E-state index >= 15 is 0 Å². The van der Waals surface area contributed by atoms with Crippen LogP contribution in [0.25, 0.3) is 6.08 Å². The molecule has 0 fully saturated rings. The van der Waals surface area contributed by atoms with E-state index in [0.717, 1.165) is 23.3 Å². The van der Waals surface area contributed by atoms with Gasteiger partial charge in [-0.3, -0.25) is 4.79 Å². The lowest BCUT2D eigenvalue weighted by Crippen LogP contribution is -2.27. The lowest BCUT2D eigenvalue weighted by Gasteiger charge is -2.10. The molecule has 1 aromatic carbocycles. The number of benzene rings is 1. The van der Waals surface area contributed by atoms with Gasteiger partial charge in [-0.1, -0.05) is 0 Å². The first kappa shape index (κ1) is 17.8. The van der Waals surface area contributed by atoms with Crippen LogP contribution in [0.2, 0.25) is 0 Å². The van der Waals surface area contributed by atoms with Gasteiger partial charge in [0.15, 0.2) is 6.61 Å². The maximum absolute atomic E-state index is 11.7. The fourth-order valence-electron chi connectivity index (χ4n) is 2.33. The zero-order valence-corrected chi connectivity index (χ0v) is 14.5. The van der Waals surface area contributed by atoms with Crippen LogP contribution in [0.1, 0.15) is 25.0 Å². The van der Waals surface area contributed by atoms with E-state index in [0.29, 0.717) is 12.4 Å². The van der Waals surface area contributed by atoms with Crippen molar-refractivity contribution in [1.29, 1.82) is 0 Å². The molecule has 0 saturated heterocycles. The minimum Gasteiger partial charge on any atom is -0.493 e. The van der Waals surface area contributed by atoms with Crippen molar-refractivity contribution >= 4 is 18.0 Å². The van der Waals surface area contributed by atoms with Gasteiger partial charge in [0.25, 0.3) is 5.91 Å². The number of carbonyl (C=O) groups is 2. The molecule has 0 saturated carbocycles. The van der Waals surface area contributed by atoms with E-state index in [1.807, 2.05) is 26.0 Å². The smallest absolute Gasteiger partial charge is 0.331 e. The summed E-state index contributed by atoms with van der Waals surface area (Å²) in [5.41, 5.74) is 1.84. The quantitative estimate of drug-likeness (QED) is 0.589. The third-order valence-corrected chi connectivity index (χ3v) is 3.56. The molecular weight excluding hydrogens is 310 g/mol. The summed E-state index contributed by atoms with van der Waals surface area (Å²) >= 11 is 0. The molecule has 24 heavy (non-hydrogen) atoms. The molecule has 1 aliphatic rings. The van der Waals surface area contributed by atoms with E-state index in [2.05, 4.69) is 0 Å². The highest BCUT2D eigenvalue weighted by Crippen LogP contribution is 2.35. The molecule has 130 valence electrons. The zero-order chi connectivity index (χ0) is 17.7. The van der Waals surface area contributed by atoms with Gasteiger partial charge in [0.05, 0.1) is 6.61 Å². The first-order chi connectivity index (χ1) is 11.4. The second kappa shape index (κ2) is 7.86. The molecule has 1 aliphatic heterocycles. The van der Waals surface area contributed by atoms with Crippen molar-refractivity contribution in [2.24, 2.45) is 0 Å². The van der Waals surface area contributed by atoms with Crippen molar-refractivity contribution in [2.45, 2.75) is 26.4 Å². The van der Waals surface area contributed by atoms with Gasteiger partial charge >= 0.3 is 5.97 Å². The zero-order valence-electron chi connectivity index (χ0n) is 14.5. The fourth-order valence-corrected chi connectivity index (χ4v) is 2.33. The average molecular weight is 333 g/mol. The minimum absolute atomic E-state index is 0.135. The number of rotatable bonds is 6. The number of esters is 1. The van der Waals surface area contributed by atoms with Gasteiger partial charge in [-0.05, 0) is 32.1 Å². The molecule has 6 heteroatoms. The standard InChI is InChI=1S/C18H23NO5/c1-5-22-15-10-14-8-12(2)24-16(14)9-13(15)6-7-18(21)23-11-17(20)19(3)4/h6-7,9-10,12H,5,8,11H2,1-4H3/b7-6+/t12-/m1/s1. The number of amides is 1. The molecule has 1 heterocycles. The van der Waals surface area contributed by atoms with Crippen LogP contribution in [0.15, 0.2) is 18.2 Å². The Labute approximate surface area is 142 Å². The number of hydrogen-bond acceptors (Lipinski definition) is 5. The van der Waals surface area contributed by atoms with Crippen LogP contribution >= 0.6 is 0 Å². The monoisotopic (exact) mass is 333 g/mol. The molecule has 6 nitrogen and oxygen atoms in total. The van der Waals surface area contributed by atoms with Crippen LogP contribution < -0.4 is 9.47 Å². The lowest BCUT2D eigenvalue weighted by molar-refractivity contribution is -0.146. The molecular formula is C18H23NO5. The predicted octanol–water partition coefficient (Wildman–Crippen LogP) is 2.05. The van der Waals surface area contributed by atoms with Crippen LogP contribution in [0, 0.1) is 0 Å². The maximum atomic E-state index is 11.7. The Hall–Kier alpha value is -2.50. The Balaban J connectivity index is 2.09. The summed E-state index contributed by atoms with van der Waals surface area (Å²) < 4.78 is 16.3. The first-order valence-electron chi connectivity index (χ1n) is 7.92. The summed E-state index contributed by atoms with van der Waals surface area (Å²) in [5.74, 6) is 0.651. The van der Waals surface area contributed by atoms with Crippen LogP contribution in [0.4, 0.5) is 0 Å². The third-order valence-electron chi connectivity index (χ3n) is 3.56. The summed E-state index contributed by atoms with van der Waals surface area (Å²) in [4.78, 5) is 24.5. The Morgan fingerprint density at radius 3 is 2.79 bits per heavy atom. The molecule has 0 aliphatic carbocycles. The van der Waals surface area contributed by atoms with Crippen LogP contribution in [0.3, 0.4) is 0 Å². The van der Waals surface area contributed by atoms with Gasteiger partial charge in [0, 0.05) is 37.7 Å². The second-order valence-corrected chi connectivity index (χ2v) is 5.79. The minimum atomic E-state index is -0.581. The molecule has 0 radical (unpaired) electrons. The highest BCUT2D eigenvalue weighted by molar-refractivity contribution is 5.89. The van der Waals surface area contributed by atoms with Gasteiger partial charge in [0.1, 0.15) is 17.6 Å². The molecule has 2 rings (SSSR count). The fraction of sp³-hybridized carbons (Fsp3) is 0.444. The Morgan fingerprint density at radius 2 is 2.12 bits per heavy atom. The summed E-state index contributed by atoms with van der Waals surface area (Å²) in [6, 6.07) is 3.81. The number of nitrogens with zero attached hydrogens (tertiary/aromatic N) is 1. The Bertz CT molecular complexity index is 651. The van der Waals surface area contributed by atoms with E-state index in [9.17, 15) is 9.59 Å². The van der Waals surface area contributed by atoms with E-state index in [4.69, 9.17) is 14.2 Å². The van der Waals surface area contributed by atoms with Crippen molar-refractivity contribution < 1.29 is 23.8 Å². The third kappa shape index (κ3) is 4.50. The largest absolute Gasteiger partial charge is 0.493 e. The van der Waals surface area contributed by atoms with Gasteiger partial charge in [0.2, 0.25) is 0 Å². The van der Waals surface area contributed by atoms with E-state index in [-0.39, 0.29) is 18.6 Å². The van der Waals surface area contributed by atoms with E-state index in [1.165, 1.54) is 11.0 Å². The van der Waals surface area contributed by atoms with Crippen LogP contribution in [0.5, 0.6) is 11.5 Å². The van der Waals surface area contributed by atoms with Crippen molar-refractivity contribution in [3.05, 3.63) is 29.3 Å². The average Bonchev–Trinajstić information content (AvgIpc) is 2.89. The van der Waals surface area contributed by atoms with Gasteiger partial charge in [-0.25, -0.2) is 4.79 Å².